The summed E-state index contributed by atoms with van der Waals surface area (Å²) < 4.78 is 5.84. The van der Waals surface area contributed by atoms with Crippen LogP contribution in [0.15, 0.2) is 59.8 Å². The van der Waals surface area contributed by atoms with Crippen LogP contribution < -0.4 is 4.74 Å². The molecule has 2 aromatic carbocycles. The monoisotopic (exact) mass is 241 g/mol. The molecule has 0 bridgehead atoms. The molecule has 0 saturated heterocycles. The van der Waals surface area contributed by atoms with Crippen LogP contribution in [0.3, 0.4) is 0 Å². The fourth-order valence-corrected chi connectivity index (χ4v) is 1.66. The minimum atomic E-state index is 0.766. The van der Waals surface area contributed by atoms with E-state index in [0.717, 1.165) is 22.8 Å². The van der Waals surface area contributed by atoms with E-state index in [0.29, 0.717) is 0 Å². The lowest BCUT2D eigenvalue weighted by atomic mass is 10.1. The summed E-state index contributed by atoms with van der Waals surface area (Å²) in [5, 5.41) is 3.93. The number of benzene rings is 2. The highest BCUT2D eigenvalue weighted by molar-refractivity contribution is 6.00. The van der Waals surface area contributed by atoms with E-state index >= 15 is 0 Å². The zero-order chi connectivity index (χ0) is 12.8. The summed E-state index contributed by atoms with van der Waals surface area (Å²) in [6.45, 7) is 1.89. The first-order chi connectivity index (χ1) is 8.81. The molecule has 18 heavy (non-hydrogen) atoms. The van der Waals surface area contributed by atoms with Crippen LogP contribution >= 0.6 is 0 Å². The number of nitrogens with zero attached hydrogens (tertiary/aromatic N) is 1. The second-order valence-corrected chi connectivity index (χ2v) is 3.77. The quantitative estimate of drug-likeness (QED) is 0.601. The Kier molecular flexibility index (Phi) is 3.97. The van der Waals surface area contributed by atoms with Gasteiger partial charge in [-0.3, -0.25) is 0 Å². The molecule has 3 nitrogen and oxygen atoms in total. The van der Waals surface area contributed by atoms with Crippen LogP contribution in [-0.2, 0) is 4.84 Å². The molecule has 0 unspecified atom stereocenters. The first kappa shape index (κ1) is 12.2. The Morgan fingerprint density at radius 2 is 1.61 bits per heavy atom. The van der Waals surface area contributed by atoms with Crippen LogP contribution in [0.1, 0.15) is 12.5 Å². The Labute approximate surface area is 107 Å². The Morgan fingerprint density at radius 1 is 0.944 bits per heavy atom. The van der Waals surface area contributed by atoms with Crippen LogP contribution in [0.2, 0.25) is 0 Å². The first-order valence-corrected chi connectivity index (χ1v) is 5.71. The molecule has 0 aliphatic carbocycles. The van der Waals surface area contributed by atoms with Gasteiger partial charge in [0.2, 0.25) is 0 Å². The van der Waals surface area contributed by atoms with Crippen molar-refractivity contribution in [2.24, 2.45) is 5.16 Å². The molecule has 2 aromatic rings. The van der Waals surface area contributed by atoms with E-state index < -0.39 is 0 Å². The number of hydrogen-bond acceptors (Lipinski definition) is 3. The van der Waals surface area contributed by atoms with Gasteiger partial charge in [0.05, 0.1) is 5.71 Å². The Hall–Kier alpha value is -2.29. The number of rotatable bonds is 4. The van der Waals surface area contributed by atoms with E-state index in [9.17, 15) is 0 Å². The molecule has 92 valence electrons. The van der Waals surface area contributed by atoms with E-state index in [1.165, 1.54) is 7.11 Å². The molecular weight excluding hydrogens is 226 g/mol. The van der Waals surface area contributed by atoms with Crippen LogP contribution in [0.4, 0.5) is 0 Å². The summed E-state index contributed by atoms with van der Waals surface area (Å²) in [5.74, 6) is 1.57. The highest BCUT2D eigenvalue weighted by atomic mass is 16.6. The van der Waals surface area contributed by atoms with Crippen LogP contribution in [0, 0.1) is 0 Å². The van der Waals surface area contributed by atoms with Crippen molar-refractivity contribution in [1.29, 1.82) is 0 Å². The van der Waals surface area contributed by atoms with Gasteiger partial charge in [-0.25, -0.2) is 0 Å². The molecule has 0 heterocycles. The lowest BCUT2D eigenvalue weighted by Crippen LogP contribution is -1.99. The van der Waals surface area contributed by atoms with Gasteiger partial charge in [0, 0.05) is 5.56 Å². The van der Waals surface area contributed by atoms with E-state index in [-0.39, 0.29) is 0 Å². The molecule has 0 aliphatic rings. The van der Waals surface area contributed by atoms with Gasteiger partial charge in [0.1, 0.15) is 18.6 Å². The van der Waals surface area contributed by atoms with E-state index in [4.69, 9.17) is 9.57 Å². The SMILES string of the molecule is CO/N=C(\C)c1ccccc1Oc1ccccc1. The number of ether oxygens (including phenoxy) is 1. The zero-order valence-corrected chi connectivity index (χ0v) is 10.5. The average Bonchev–Trinajstić information content (AvgIpc) is 2.41. The van der Waals surface area contributed by atoms with Crippen molar-refractivity contribution < 1.29 is 9.57 Å². The maximum atomic E-state index is 5.84. The lowest BCUT2D eigenvalue weighted by molar-refractivity contribution is 0.213. The highest BCUT2D eigenvalue weighted by Crippen LogP contribution is 2.25. The third-order valence-electron chi connectivity index (χ3n) is 2.48. The van der Waals surface area contributed by atoms with Crippen molar-refractivity contribution >= 4 is 5.71 Å². The minimum absolute atomic E-state index is 0.766. The van der Waals surface area contributed by atoms with E-state index in [1.54, 1.807) is 0 Å². The van der Waals surface area contributed by atoms with Crippen LogP contribution in [-0.4, -0.2) is 12.8 Å². The molecule has 0 saturated carbocycles. The van der Waals surface area contributed by atoms with Crippen molar-refractivity contribution in [2.45, 2.75) is 6.92 Å². The molecular formula is C15H15NO2. The van der Waals surface area contributed by atoms with Crippen LogP contribution in [0.25, 0.3) is 0 Å². The maximum absolute atomic E-state index is 5.84. The molecule has 0 N–H and O–H groups in total. The van der Waals surface area contributed by atoms with Crippen molar-refractivity contribution in [3.63, 3.8) is 0 Å². The predicted molar refractivity (Wildman–Crippen MR) is 72.2 cm³/mol. The Morgan fingerprint density at radius 3 is 2.33 bits per heavy atom. The van der Waals surface area contributed by atoms with Gasteiger partial charge in [-0.15, -0.1) is 0 Å². The average molecular weight is 241 g/mol. The number of hydrogen-bond donors (Lipinski definition) is 0. The topological polar surface area (TPSA) is 30.8 Å². The lowest BCUT2D eigenvalue weighted by Gasteiger charge is -2.10. The standard InChI is InChI=1S/C15H15NO2/c1-12(16-17-2)14-10-6-7-11-15(14)18-13-8-4-3-5-9-13/h3-11H,1-2H3/b16-12+. The summed E-state index contributed by atoms with van der Waals surface area (Å²) >= 11 is 0. The van der Waals surface area contributed by atoms with Crippen molar-refractivity contribution in [3.05, 3.63) is 60.2 Å². The van der Waals surface area contributed by atoms with Crippen molar-refractivity contribution in [2.75, 3.05) is 7.11 Å². The highest BCUT2D eigenvalue weighted by Gasteiger charge is 2.07. The molecule has 0 aromatic heterocycles. The Balaban J connectivity index is 2.31. The summed E-state index contributed by atoms with van der Waals surface area (Å²) in [4.78, 5) is 4.80. The molecule has 2 rings (SSSR count). The third-order valence-corrected chi connectivity index (χ3v) is 2.48. The second-order valence-electron chi connectivity index (χ2n) is 3.77. The van der Waals surface area contributed by atoms with Crippen molar-refractivity contribution in [3.8, 4) is 11.5 Å². The molecule has 0 spiro atoms. The predicted octanol–water partition coefficient (Wildman–Crippen LogP) is 3.85. The molecule has 3 heteroatoms. The minimum Gasteiger partial charge on any atom is -0.457 e. The largest absolute Gasteiger partial charge is 0.457 e. The van der Waals surface area contributed by atoms with Gasteiger partial charge in [0.25, 0.3) is 0 Å². The number of para-hydroxylation sites is 2. The molecule has 0 aliphatic heterocycles. The van der Waals surface area contributed by atoms with Gasteiger partial charge in [0.15, 0.2) is 0 Å². The molecule has 0 amide bonds. The van der Waals surface area contributed by atoms with Gasteiger partial charge in [-0.2, -0.15) is 0 Å². The summed E-state index contributed by atoms with van der Waals surface area (Å²) in [5.41, 5.74) is 1.70. The molecule has 0 radical (unpaired) electrons. The van der Waals surface area contributed by atoms with Gasteiger partial charge in [-0.1, -0.05) is 35.5 Å². The van der Waals surface area contributed by atoms with Gasteiger partial charge >= 0.3 is 0 Å². The zero-order valence-electron chi connectivity index (χ0n) is 10.5. The summed E-state index contributed by atoms with van der Waals surface area (Å²) in [6.07, 6.45) is 0. The molecule has 0 atom stereocenters. The summed E-state index contributed by atoms with van der Waals surface area (Å²) in [6, 6.07) is 17.4. The fraction of sp³-hybridized carbons (Fsp3) is 0.133. The van der Waals surface area contributed by atoms with Crippen LogP contribution in [0.5, 0.6) is 11.5 Å². The molecule has 0 fully saturated rings. The van der Waals surface area contributed by atoms with E-state index in [2.05, 4.69) is 5.16 Å². The first-order valence-electron chi connectivity index (χ1n) is 5.71. The summed E-state index contributed by atoms with van der Waals surface area (Å²) in [7, 11) is 1.53. The van der Waals surface area contributed by atoms with E-state index in [1.807, 2.05) is 61.5 Å². The Bertz CT molecular complexity index is 535. The third kappa shape index (κ3) is 2.88. The normalized spacial score (nSPS) is 11.1. The van der Waals surface area contributed by atoms with Gasteiger partial charge < -0.3 is 9.57 Å². The fourth-order valence-electron chi connectivity index (χ4n) is 1.66. The second kappa shape index (κ2) is 5.87. The van der Waals surface area contributed by atoms with Gasteiger partial charge in [-0.05, 0) is 31.2 Å². The smallest absolute Gasteiger partial charge is 0.136 e. The maximum Gasteiger partial charge on any atom is 0.136 e. The number of oxime groups is 1. The van der Waals surface area contributed by atoms with Crippen molar-refractivity contribution in [1.82, 2.24) is 0 Å².